The molecule has 1 N–H and O–H groups in total. The molecule has 0 radical (unpaired) electrons. The van der Waals surface area contributed by atoms with Crippen LogP contribution >= 0.6 is 0 Å². The highest BCUT2D eigenvalue weighted by molar-refractivity contribution is 6.36. The van der Waals surface area contributed by atoms with Crippen molar-refractivity contribution in [3.05, 3.63) is 29.8 Å². The Morgan fingerprint density at radius 1 is 1.26 bits per heavy atom. The van der Waals surface area contributed by atoms with Gasteiger partial charge >= 0.3 is 11.8 Å². The van der Waals surface area contributed by atoms with Crippen molar-refractivity contribution in [3.63, 3.8) is 0 Å². The van der Waals surface area contributed by atoms with Gasteiger partial charge in [0.25, 0.3) is 0 Å². The molecule has 1 heterocycles. The lowest BCUT2D eigenvalue weighted by Gasteiger charge is -2.28. The Bertz CT molecular complexity index is 484. The van der Waals surface area contributed by atoms with E-state index in [2.05, 4.69) is 5.32 Å². The molecule has 0 aromatic heterocycles. The Kier molecular flexibility index (Phi) is 3.71. The Morgan fingerprint density at radius 3 is 2.42 bits per heavy atom. The summed E-state index contributed by atoms with van der Waals surface area (Å²) in [5.41, 5.74) is 0.942. The Morgan fingerprint density at radius 2 is 1.89 bits per heavy atom. The molecule has 6 nitrogen and oxygen atoms in total. The topological polar surface area (TPSA) is 61.9 Å². The van der Waals surface area contributed by atoms with Crippen LogP contribution in [0.25, 0.3) is 0 Å². The molecule has 1 aliphatic heterocycles. The van der Waals surface area contributed by atoms with Crippen LogP contribution < -0.4 is 10.1 Å². The number of methoxy groups -OCH3 is 1. The van der Waals surface area contributed by atoms with Gasteiger partial charge in [-0.05, 0) is 31.8 Å². The van der Waals surface area contributed by atoms with Crippen molar-refractivity contribution >= 4 is 11.8 Å². The van der Waals surface area contributed by atoms with Gasteiger partial charge in [0.1, 0.15) is 5.75 Å². The summed E-state index contributed by atoms with van der Waals surface area (Å²) in [6.07, 6.45) is -0.401. The largest absolute Gasteiger partial charge is 0.497 e. The molecule has 1 aromatic rings. The lowest BCUT2D eigenvalue weighted by molar-refractivity contribution is -0.141. The normalized spacial score (nSPS) is 18.9. The molecule has 0 aliphatic carbocycles. The van der Waals surface area contributed by atoms with Gasteiger partial charge in [-0.25, -0.2) is 0 Å². The zero-order valence-corrected chi connectivity index (χ0v) is 11.2. The van der Waals surface area contributed by atoms with Crippen molar-refractivity contribution in [2.75, 3.05) is 21.2 Å². The van der Waals surface area contributed by atoms with Crippen LogP contribution in [0.2, 0.25) is 0 Å². The molecule has 2 rings (SSSR count). The molecular weight excluding hydrogens is 246 g/mol. The maximum absolute atomic E-state index is 11.8. The smallest absolute Gasteiger partial charge is 0.314 e. The number of nitrogens with zero attached hydrogens (tertiary/aromatic N) is 2. The van der Waals surface area contributed by atoms with Gasteiger partial charge < -0.3 is 10.1 Å². The average Bonchev–Trinajstić information content (AvgIpc) is 2.68. The predicted molar refractivity (Wildman–Crippen MR) is 69.2 cm³/mol. The van der Waals surface area contributed by atoms with Crippen LogP contribution in [-0.4, -0.2) is 49.1 Å². The maximum Gasteiger partial charge on any atom is 0.314 e. The van der Waals surface area contributed by atoms with Gasteiger partial charge in [-0.3, -0.25) is 19.4 Å². The van der Waals surface area contributed by atoms with E-state index < -0.39 is 18.1 Å². The zero-order valence-electron chi connectivity index (χ0n) is 11.2. The lowest BCUT2D eigenvalue weighted by Crippen LogP contribution is -2.47. The van der Waals surface area contributed by atoms with E-state index in [1.54, 1.807) is 12.0 Å². The molecule has 1 aromatic carbocycles. The second-order valence-corrected chi connectivity index (χ2v) is 4.59. The fourth-order valence-electron chi connectivity index (χ4n) is 1.99. The number of benzene rings is 1. The van der Waals surface area contributed by atoms with E-state index in [0.29, 0.717) is 6.54 Å². The van der Waals surface area contributed by atoms with Crippen molar-refractivity contribution in [2.24, 2.45) is 0 Å². The molecule has 102 valence electrons. The van der Waals surface area contributed by atoms with Crippen molar-refractivity contribution in [2.45, 2.75) is 12.8 Å². The third kappa shape index (κ3) is 2.68. The molecule has 1 aliphatic rings. The van der Waals surface area contributed by atoms with Crippen LogP contribution in [0.3, 0.4) is 0 Å². The summed E-state index contributed by atoms with van der Waals surface area (Å²) in [4.78, 5) is 26.5. The third-order valence-electron chi connectivity index (χ3n) is 3.01. The number of carbonyl (C=O) groups is 2. The molecule has 2 amide bonds. The van der Waals surface area contributed by atoms with Gasteiger partial charge in [-0.2, -0.15) is 0 Å². The summed E-state index contributed by atoms with van der Waals surface area (Å²) in [6, 6.07) is 7.41. The molecule has 1 saturated heterocycles. The summed E-state index contributed by atoms with van der Waals surface area (Å²) in [5.74, 6) is -0.309. The van der Waals surface area contributed by atoms with Gasteiger partial charge in [-0.1, -0.05) is 12.1 Å². The first-order valence-corrected chi connectivity index (χ1v) is 5.93. The van der Waals surface area contributed by atoms with Gasteiger partial charge in [0.05, 0.1) is 7.11 Å². The van der Waals surface area contributed by atoms with E-state index in [1.807, 2.05) is 38.4 Å². The molecule has 0 bridgehead atoms. The molecule has 1 atom stereocenters. The Balaban J connectivity index is 2.15. The van der Waals surface area contributed by atoms with Crippen LogP contribution in [0.4, 0.5) is 0 Å². The second-order valence-electron chi connectivity index (χ2n) is 4.59. The number of nitrogens with one attached hydrogen (secondary N) is 1. The van der Waals surface area contributed by atoms with Gasteiger partial charge in [0.2, 0.25) is 0 Å². The first-order valence-electron chi connectivity index (χ1n) is 5.93. The van der Waals surface area contributed by atoms with E-state index in [-0.39, 0.29) is 0 Å². The molecule has 19 heavy (non-hydrogen) atoms. The predicted octanol–water partition coefficient (Wildman–Crippen LogP) is -0.00120. The number of amides is 2. The highest BCUT2D eigenvalue weighted by Crippen LogP contribution is 2.16. The minimum atomic E-state index is -0.563. The zero-order chi connectivity index (χ0) is 14.0. The van der Waals surface area contributed by atoms with Crippen LogP contribution in [-0.2, 0) is 16.1 Å². The van der Waals surface area contributed by atoms with E-state index in [0.717, 1.165) is 11.3 Å². The highest BCUT2D eigenvalue weighted by Gasteiger charge is 2.38. The summed E-state index contributed by atoms with van der Waals surface area (Å²) >= 11 is 0. The van der Waals surface area contributed by atoms with Gasteiger partial charge in [0, 0.05) is 6.54 Å². The molecular formula is C13H17N3O3. The Labute approximate surface area is 111 Å². The highest BCUT2D eigenvalue weighted by atomic mass is 16.5. The molecule has 0 spiro atoms. The van der Waals surface area contributed by atoms with Crippen molar-refractivity contribution in [1.82, 2.24) is 15.1 Å². The number of hydrogen-bond donors (Lipinski definition) is 1. The average molecular weight is 263 g/mol. The number of carbonyl (C=O) groups excluding carboxylic acids is 2. The molecule has 6 heteroatoms. The lowest BCUT2D eigenvalue weighted by atomic mass is 10.2. The minimum absolute atomic E-state index is 0.379. The third-order valence-corrected chi connectivity index (χ3v) is 3.01. The SMILES string of the molecule is COc1ccc(CN2C(=O)C(=O)NC2N(C)C)cc1. The minimum Gasteiger partial charge on any atom is -0.497 e. The summed E-state index contributed by atoms with van der Waals surface area (Å²) < 4.78 is 5.08. The molecule has 0 saturated carbocycles. The number of rotatable bonds is 4. The van der Waals surface area contributed by atoms with Crippen LogP contribution in [0, 0.1) is 0 Å². The quantitative estimate of drug-likeness (QED) is 0.777. The first kappa shape index (κ1) is 13.4. The molecule has 1 unspecified atom stereocenters. The van der Waals surface area contributed by atoms with Crippen molar-refractivity contribution in [3.8, 4) is 5.75 Å². The van der Waals surface area contributed by atoms with Crippen molar-refractivity contribution < 1.29 is 14.3 Å². The number of hydrogen-bond acceptors (Lipinski definition) is 4. The van der Waals surface area contributed by atoms with Crippen LogP contribution in [0.5, 0.6) is 5.75 Å². The van der Waals surface area contributed by atoms with Crippen molar-refractivity contribution in [1.29, 1.82) is 0 Å². The first-order chi connectivity index (χ1) is 9.02. The maximum atomic E-state index is 11.8. The van der Waals surface area contributed by atoms with Gasteiger partial charge in [-0.15, -0.1) is 0 Å². The van der Waals surface area contributed by atoms with E-state index in [1.165, 1.54) is 4.90 Å². The standard InChI is InChI=1S/C13H17N3O3/c1-15(2)13-14-11(17)12(18)16(13)8-9-4-6-10(19-3)7-5-9/h4-7,13H,8H2,1-3H3,(H,14,17). The van der Waals surface area contributed by atoms with E-state index in [4.69, 9.17) is 4.74 Å². The molecule has 1 fully saturated rings. The fraction of sp³-hybridized carbons (Fsp3) is 0.385. The Hall–Kier alpha value is -2.08. The fourth-order valence-corrected chi connectivity index (χ4v) is 1.99. The summed E-state index contributed by atoms with van der Waals surface area (Å²) in [7, 11) is 5.22. The van der Waals surface area contributed by atoms with Crippen LogP contribution in [0.15, 0.2) is 24.3 Å². The van der Waals surface area contributed by atoms with Crippen LogP contribution in [0.1, 0.15) is 5.56 Å². The van der Waals surface area contributed by atoms with E-state index in [9.17, 15) is 9.59 Å². The monoisotopic (exact) mass is 263 g/mol. The summed E-state index contributed by atoms with van der Waals surface area (Å²) in [5, 5.41) is 2.63. The number of ether oxygens (including phenoxy) is 1. The van der Waals surface area contributed by atoms with Gasteiger partial charge in [0.15, 0.2) is 6.29 Å². The summed E-state index contributed by atoms with van der Waals surface area (Å²) in [6.45, 7) is 0.379. The second kappa shape index (κ2) is 5.27. The van der Waals surface area contributed by atoms with E-state index >= 15 is 0 Å².